The monoisotopic (exact) mass is 424 g/mol. The second-order valence-electron chi connectivity index (χ2n) is 7.61. The van der Waals surface area contributed by atoms with Crippen LogP contribution in [0.1, 0.15) is 51.7 Å². The van der Waals surface area contributed by atoms with Gasteiger partial charge in [0.25, 0.3) is 0 Å². The zero-order valence-corrected chi connectivity index (χ0v) is 19.0. The van der Waals surface area contributed by atoms with E-state index in [9.17, 15) is 8.42 Å². The van der Waals surface area contributed by atoms with Crippen LogP contribution in [-0.4, -0.2) is 57.7 Å². The molecule has 1 fully saturated rings. The number of nitrogens with one attached hydrogen (secondary N) is 2. The van der Waals surface area contributed by atoms with Gasteiger partial charge in [0.05, 0.1) is 18.4 Å². The molecule has 2 N–H and O–H groups in total. The maximum absolute atomic E-state index is 12.4. The zero-order chi connectivity index (χ0) is 21.3. The molecule has 0 saturated carbocycles. The number of guanidine groups is 1. The van der Waals surface area contributed by atoms with E-state index in [-0.39, 0.29) is 11.8 Å². The summed E-state index contributed by atoms with van der Waals surface area (Å²) in [5, 5.41) is 3.37. The Kier molecular flexibility index (Phi) is 9.39. The summed E-state index contributed by atoms with van der Waals surface area (Å²) < 4.78 is 33.1. The van der Waals surface area contributed by atoms with Crippen LogP contribution < -0.4 is 10.0 Å². The highest BCUT2D eigenvalue weighted by Crippen LogP contribution is 2.16. The molecule has 0 amide bonds. The second kappa shape index (κ2) is 11.5. The van der Waals surface area contributed by atoms with Crippen LogP contribution in [0.25, 0.3) is 0 Å². The first-order valence-electron chi connectivity index (χ1n) is 10.6. The van der Waals surface area contributed by atoms with Crippen molar-refractivity contribution in [3.05, 3.63) is 35.4 Å². The summed E-state index contributed by atoms with van der Waals surface area (Å²) in [6, 6.07) is 7.50. The SMILES string of the molecule is CCNC(=NCc1ccccc1CS(=O)(=O)NC(C)C)N1CCC(OCC)CC1. The lowest BCUT2D eigenvalue weighted by molar-refractivity contribution is 0.0263. The molecule has 1 aromatic rings. The lowest BCUT2D eigenvalue weighted by Crippen LogP contribution is -2.47. The van der Waals surface area contributed by atoms with Crippen LogP contribution in [0.2, 0.25) is 0 Å². The molecule has 0 aliphatic carbocycles. The van der Waals surface area contributed by atoms with Crippen LogP contribution in [0, 0.1) is 0 Å². The maximum Gasteiger partial charge on any atom is 0.216 e. The molecule has 0 bridgehead atoms. The Labute approximate surface area is 176 Å². The minimum absolute atomic E-state index is 0.0346. The van der Waals surface area contributed by atoms with Crippen LogP contribution in [-0.2, 0) is 27.1 Å². The van der Waals surface area contributed by atoms with Crippen LogP contribution in [0.4, 0.5) is 0 Å². The Bertz CT molecular complexity index is 757. The highest BCUT2D eigenvalue weighted by molar-refractivity contribution is 7.88. The van der Waals surface area contributed by atoms with E-state index in [1.54, 1.807) is 0 Å². The average molecular weight is 425 g/mol. The average Bonchev–Trinajstić information content (AvgIpc) is 2.66. The van der Waals surface area contributed by atoms with Gasteiger partial charge in [-0.15, -0.1) is 0 Å². The molecule has 0 radical (unpaired) electrons. The van der Waals surface area contributed by atoms with E-state index in [1.807, 2.05) is 45.0 Å². The van der Waals surface area contributed by atoms with Gasteiger partial charge in [-0.05, 0) is 51.7 Å². The molecule has 1 aliphatic heterocycles. The van der Waals surface area contributed by atoms with Gasteiger partial charge in [-0.25, -0.2) is 18.1 Å². The molecule has 1 heterocycles. The number of hydrogen-bond acceptors (Lipinski definition) is 4. The molecule has 7 nitrogen and oxygen atoms in total. The number of nitrogens with zero attached hydrogens (tertiary/aromatic N) is 2. The molecule has 1 saturated heterocycles. The summed E-state index contributed by atoms with van der Waals surface area (Å²) in [7, 11) is -3.38. The minimum atomic E-state index is -3.38. The fraction of sp³-hybridized carbons (Fsp3) is 0.667. The molecule has 29 heavy (non-hydrogen) atoms. The second-order valence-corrected chi connectivity index (χ2v) is 9.37. The Morgan fingerprint density at radius 3 is 2.45 bits per heavy atom. The van der Waals surface area contributed by atoms with E-state index in [1.165, 1.54) is 0 Å². The number of sulfonamides is 1. The number of hydrogen-bond donors (Lipinski definition) is 2. The lowest BCUT2D eigenvalue weighted by atomic mass is 10.1. The Balaban J connectivity index is 2.10. The first-order valence-corrected chi connectivity index (χ1v) is 12.2. The van der Waals surface area contributed by atoms with Gasteiger partial charge in [-0.3, -0.25) is 0 Å². The van der Waals surface area contributed by atoms with Crippen LogP contribution in [0.5, 0.6) is 0 Å². The van der Waals surface area contributed by atoms with Crippen molar-refractivity contribution in [2.75, 3.05) is 26.2 Å². The van der Waals surface area contributed by atoms with Crippen molar-refractivity contribution in [2.24, 2.45) is 4.99 Å². The first-order chi connectivity index (χ1) is 13.8. The fourth-order valence-electron chi connectivity index (χ4n) is 3.51. The summed E-state index contributed by atoms with van der Waals surface area (Å²) >= 11 is 0. The standard InChI is InChI=1S/C21H36N4O3S/c1-5-22-21(25-13-11-20(12-14-25)28-6-2)23-15-18-9-7-8-10-19(18)16-29(26,27)24-17(3)4/h7-10,17,20,24H,5-6,11-16H2,1-4H3,(H,22,23). The third-order valence-corrected chi connectivity index (χ3v) is 6.28. The van der Waals surface area contributed by atoms with Gasteiger partial charge >= 0.3 is 0 Å². The normalized spacial score (nSPS) is 16.4. The highest BCUT2D eigenvalue weighted by Gasteiger charge is 2.22. The van der Waals surface area contributed by atoms with E-state index in [4.69, 9.17) is 9.73 Å². The molecule has 0 atom stereocenters. The molecular formula is C21H36N4O3S. The first kappa shape index (κ1) is 23.6. The number of piperidine rings is 1. The van der Waals surface area contributed by atoms with E-state index >= 15 is 0 Å². The Hall–Kier alpha value is -1.64. The number of likely N-dealkylation sites (tertiary alicyclic amines) is 1. The van der Waals surface area contributed by atoms with Crippen molar-refractivity contribution in [1.82, 2.24) is 14.9 Å². The fourth-order valence-corrected chi connectivity index (χ4v) is 5.01. The Morgan fingerprint density at radius 1 is 1.21 bits per heavy atom. The van der Waals surface area contributed by atoms with Crippen molar-refractivity contribution in [1.29, 1.82) is 0 Å². The summed E-state index contributed by atoms with van der Waals surface area (Å²) in [4.78, 5) is 7.07. The molecule has 8 heteroatoms. The van der Waals surface area contributed by atoms with E-state index < -0.39 is 10.0 Å². The largest absolute Gasteiger partial charge is 0.378 e. The number of rotatable bonds is 9. The van der Waals surface area contributed by atoms with E-state index in [0.29, 0.717) is 12.6 Å². The number of aliphatic imine (C=N–C) groups is 1. The number of ether oxygens (including phenoxy) is 1. The molecule has 0 unspecified atom stereocenters. The summed E-state index contributed by atoms with van der Waals surface area (Å²) in [6.45, 7) is 11.5. The molecule has 0 aromatic heterocycles. The summed E-state index contributed by atoms with van der Waals surface area (Å²) in [5.41, 5.74) is 1.72. The molecule has 2 rings (SSSR count). The van der Waals surface area contributed by atoms with Gasteiger partial charge in [0.2, 0.25) is 10.0 Å². The third-order valence-electron chi connectivity index (χ3n) is 4.76. The van der Waals surface area contributed by atoms with Crippen LogP contribution in [0.3, 0.4) is 0 Å². The summed E-state index contributed by atoms with van der Waals surface area (Å²) in [5.74, 6) is 0.841. The predicted molar refractivity (Wildman–Crippen MR) is 118 cm³/mol. The van der Waals surface area contributed by atoms with Crippen molar-refractivity contribution >= 4 is 16.0 Å². The Morgan fingerprint density at radius 2 is 1.86 bits per heavy atom. The van der Waals surface area contributed by atoms with Gasteiger partial charge in [0.15, 0.2) is 5.96 Å². The third kappa shape index (κ3) is 7.95. The molecule has 1 aromatic carbocycles. The highest BCUT2D eigenvalue weighted by atomic mass is 32.2. The maximum atomic E-state index is 12.4. The van der Waals surface area contributed by atoms with E-state index in [2.05, 4.69) is 21.9 Å². The quantitative estimate of drug-likeness (QED) is 0.470. The van der Waals surface area contributed by atoms with Crippen LogP contribution in [0.15, 0.2) is 29.3 Å². The van der Waals surface area contributed by atoms with Gasteiger partial charge < -0.3 is 15.0 Å². The van der Waals surface area contributed by atoms with Gasteiger partial charge in [0.1, 0.15) is 0 Å². The van der Waals surface area contributed by atoms with Crippen LogP contribution >= 0.6 is 0 Å². The molecule has 0 spiro atoms. The van der Waals surface area contributed by atoms with Gasteiger partial charge in [-0.2, -0.15) is 0 Å². The topological polar surface area (TPSA) is 83.0 Å². The van der Waals surface area contributed by atoms with E-state index in [0.717, 1.165) is 56.2 Å². The number of benzene rings is 1. The minimum Gasteiger partial charge on any atom is -0.378 e. The van der Waals surface area contributed by atoms with Crippen molar-refractivity contribution in [3.63, 3.8) is 0 Å². The molecular weight excluding hydrogens is 388 g/mol. The zero-order valence-electron chi connectivity index (χ0n) is 18.1. The predicted octanol–water partition coefficient (Wildman–Crippen LogP) is 2.48. The molecule has 1 aliphatic rings. The van der Waals surface area contributed by atoms with Crippen molar-refractivity contribution < 1.29 is 13.2 Å². The van der Waals surface area contributed by atoms with Crippen molar-refractivity contribution in [2.45, 2.75) is 65.0 Å². The smallest absolute Gasteiger partial charge is 0.216 e. The van der Waals surface area contributed by atoms with Crippen molar-refractivity contribution in [3.8, 4) is 0 Å². The summed E-state index contributed by atoms with van der Waals surface area (Å²) in [6.07, 6.45) is 2.32. The van der Waals surface area contributed by atoms with Gasteiger partial charge in [-0.1, -0.05) is 24.3 Å². The van der Waals surface area contributed by atoms with Gasteiger partial charge in [0, 0.05) is 32.3 Å². The molecule has 164 valence electrons. The lowest BCUT2D eigenvalue weighted by Gasteiger charge is -2.34.